The molecule has 0 spiro atoms. The van der Waals surface area contributed by atoms with Gasteiger partial charge in [0.05, 0.1) is 15.2 Å². The van der Waals surface area contributed by atoms with Gasteiger partial charge in [-0.05, 0) is 55.0 Å². The molecule has 1 unspecified atom stereocenters. The summed E-state index contributed by atoms with van der Waals surface area (Å²) in [7, 11) is 0. The highest BCUT2D eigenvalue weighted by atomic mass is 127. The third kappa shape index (κ3) is 3.67. The Labute approximate surface area is 130 Å². The van der Waals surface area contributed by atoms with Crippen molar-refractivity contribution < 1.29 is 13.9 Å². The molecule has 0 heterocycles. The Morgan fingerprint density at radius 1 is 1.40 bits per heavy atom. The second-order valence-corrected chi connectivity index (χ2v) is 6.11. The van der Waals surface area contributed by atoms with E-state index in [1.54, 1.807) is 43.4 Å². The molecule has 4 nitrogen and oxygen atoms in total. The summed E-state index contributed by atoms with van der Waals surface area (Å²) < 4.78 is 18.7. The van der Waals surface area contributed by atoms with Crippen molar-refractivity contribution in [2.45, 2.75) is 32.3 Å². The van der Waals surface area contributed by atoms with Crippen molar-refractivity contribution in [3.05, 3.63) is 32.6 Å². The van der Waals surface area contributed by atoms with Gasteiger partial charge in [-0.3, -0.25) is 4.79 Å². The van der Waals surface area contributed by atoms with Crippen LogP contribution in [-0.2, 0) is 9.53 Å². The molecule has 0 aliphatic rings. The number of carbonyl (C=O) groups excluding carboxylic acids is 1. The maximum atomic E-state index is 13.4. The number of carbonyl (C=O) groups is 1. The molecular weight excluding hydrogens is 374 g/mol. The maximum absolute atomic E-state index is 13.4. The number of rotatable bonds is 2. The fourth-order valence-electron chi connectivity index (χ4n) is 1.53. The summed E-state index contributed by atoms with van der Waals surface area (Å²) in [6.07, 6.45) is 0. The van der Waals surface area contributed by atoms with Gasteiger partial charge < -0.3 is 4.74 Å². The molecule has 0 amide bonds. The molecule has 0 radical (unpaired) electrons. The van der Waals surface area contributed by atoms with Crippen molar-refractivity contribution in [3.8, 4) is 12.1 Å². The van der Waals surface area contributed by atoms with E-state index < -0.39 is 23.3 Å². The summed E-state index contributed by atoms with van der Waals surface area (Å²) in [4.78, 5) is 12.0. The molecule has 0 fully saturated rings. The largest absolute Gasteiger partial charge is 0.459 e. The minimum atomic E-state index is -1.25. The Morgan fingerprint density at radius 2 is 2.00 bits per heavy atom. The van der Waals surface area contributed by atoms with Crippen molar-refractivity contribution in [2.75, 3.05) is 0 Å². The van der Waals surface area contributed by atoms with Gasteiger partial charge in [-0.2, -0.15) is 10.5 Å². The predicted molar refractivity (Wildman–Crippen MR) is 78.0 cm³/mol. The zero-order valence-electron chi connectivity index (χ0n) is 11.2. The Morgan fingerprint density at radius 3 is 2.45 bits per heavy atom. The van der Waals surface area contributed by atoms with Gasteiger partial charge >= 0.3 is 5.97 Å². The van der Waals surface area contributed by atoms with Crippen LogP contribution in [0.1, 0.15) is 37.8 Å². The Bertz CT molecular complexity index is 624. The summed E-state index contributed by atoms with van der Waals surface area (Å²) in [5.41, 5.74) is -0.593. The summed E-state index contributed by atoms with van der Waals surface area (Å²) >= 11 is 1.67. The van der Waals surface area contributed by atoms with Crippen molar-refractivity contribution in [1.29, 1.82) is 10.5 Å². The average molecular weight is 386 g/mol. The minimum absolute atomic E-state index is 0.0111. The fraction of sp³-hybridized carbons (Fsp3) is 0.357. The van der Waals surface area contributed by atoms with Crippen molar-refractivity contribution >= 4 is 28.6 Å². The first-order valence-corrected chi connectivity index (χ1v) is 6.79. The Hall–Kier alpha value is -1.67. The van der Waals surface area contributed by atoms with E-state index in [1.165, 1.54) is 6.07 Å². The van der Waals surface area contributed by atoms with E-state index in [4.69, 9.17) is 10.00 Å². The molecule has 1 aromatic carbocycles. The van der Waals surface area contributed by atoms with Crippen molar-refractivity contribution in [1.82, 2.24) is 0 Å². The zero-order valence-corrected chi connectivity index (χ0v) is 13.4. The molecule has 0 bridgehead atoms. The smallest absolute Gasteiger partial charge is 0.328 e. The van der Waals surface area contributed by atoms with Gasteiger partial charge in [0.15, 0.2) is 5.92 Å². The topological polar surface area (TPSA) is 73.9 Å². The highest BCUT2D eigenvalue weighted by Gasteiger charge is 2.29. The molecule has 0 N–H and O–H groups in total. The van der Waals surface area contributed by atoms with Crippen LogP contribution < -0.4 is 0 Å². The fourth-order valence-corrected chi connectivity index (χ4v) is 2.14. The van der Waals surface area contributed by atoms with Gasteiger partial charge in [0, 0.05) is 0 Å². The van der Waals surface area contributed by atoms with E-state index >= 15 is 0 Å². The van der Waals surface area contributed by atoms with Crippen LogP contribution in [0.4, 0.5) is 4.39 Å². The molecule has 20 heavy (non-hydrogen) atoms. The van der Waals surface area contributed by atoms with Crippen molar-refractivity contribution in [2.24, 2.45) is 0 Å². The lowest BCUT2D eigenvalue weighted by Gasteiger charge is -2.21. The van der Waals surface area contributed by atoms with Gasteiger partial charge in [0.25, 0.3) is 0 Å². The molecule has 6 heteroatoms. The molecule has 0 saturated carbocycles. The molecule has 1 aromatic rings. The van der Waals surface area contributed by atoms with E-state index in [9.17, 15) is 14.4 Å². The van der Waals surface area contributed by atoms with Crippen LogP contribution in [0.2, 0.25) is 0 Å². The number of ether oxygens (including phenoxy) is 1. The molecule has 0 saturated heterocycles. The zero-order chi connectivity index (χ0) is 15.5. The first-order chi connectivity index (χ1) is 9.21. The predicted octanol–water partition coefficient (Wildman–Crippen LogP) is 3.25. The lowest BCUT2D eigenvalue weighted by Crippen LogP contribution is -2.27. The maximum Gasteiger partial charge on any atom is 0.328 e. The highest BCUT2D eigenvalue weighted by Crippen LogP contribution is 2.27. The second-order valence-electron chi connectivity index (χ2n) is 5.03. The quantitative estimate of drug-likeness (QED) is 0.578. The van der Waals surface area contributed by atoms with Gasteiger partial charge in [-0.25, -0.2) is 4.39 Å². The Kier molecular flexibility index (Phi) is 5.07. The molecule has 0 aliphatic heterocycles. The lowest BCUT2D eigenvalue weighted by molar-refractivity contribution is -0.155. The summed E-state index contributed by atoms with van der Waals surface area (Å²) in [5, 5.41) is 18.3. The molecule has 0 aromatic heterocycles. The van der Waals surface area contributed by atoms with E-state index in [1.807, 2.05) is 12.1 Å². The number of esters is 1. The number of halogens is 2. The van der Waals surface area contributed by atoms with E-state index in [2.05, 4.69) is 0 Å². The molecule has 1 atom stereocenters. The van der Waals surface area contributed by atoms with E-state index in [-0.39, 0.29) is 14.7 Å². The number of nitriles is 2. The third-order valence-corrected chi connectivity index (χ3v) is 3.38. The average Bonchev–Trinajstić information content (AvgIpc) is 2.32. The summed E-state index contributed by atoms with van der Waals surface area (Å²) in [6, 6.07) is 6.04. The minimum Gasteiger partial charge on any atom is -0.459 e. The van der Waals surface area contributed by atoms with Crippen LogP contribution >= 0.6 is 22.6 Å². The molecule has 0 aliphatic carbocycles. The van der Waals surface area contributed by atoms with Crippen LogP contribution in [-0.4, -0.2) is 11.6 Å². The van der Waals surface area contributed by atoms with Crippen LogP contribution in [0.15, 0.2) is 12.1 Å². The SMILES string of the molecule is CC(C)(C)OC(=O)C(C#N)c1ccc(F)c(I)c1C#N. The second kappa shape index (κ2) is 6.19. The van der Waals surface area contributed by atoms with Crippen LogP contribution in [0.25, 0.3) is 0 Å². The standard InChI is InChI=1S/C14H12FIN2O2/c1-14(2,3)20-13(19)10(7-18)8-4-5-11(15)12(16)9(8)6-17/h4-5,10H,1-3H3. The summed E-state index contributed by atoms with van der Waals surface area (Å²) in [5.74, 6) is -2.57. The van der Waals surface area contributed by atoms with E-state index in [0.717, 1.165) is 6.07 Å². The van der Waals surface area contributed by atoms with Gasteiger partial charge in [-0.1, -0.05) is 6.07 Å². The number of benzene rings is 1. The number of hydrogen-bond donors (Lipinski definition) is 0. The van der Waals surface area contributed by atoms with Gasteiger partial charge in [0.1, 0.15) is 17.5 Å². The third-order valence-electron chi connectivity index (χ3n) is 2.32. The normalized spacial score (nSPS) is 12.2. The van der Waals surface area contributed by atoms with Crippen LogP contribution in [0, 0.1) is 32.0 Å². The lowest BCUT2D eigenvalue weighted by atomic mass is 9.95. The number of hydrogen-bond acceptors (Lipinski definition) is 4. The first kappa shape index (κ1) is 16.4. The highest BCUT2D eigenvalue weighted by molar-refractivity contribution is 14.1. The van der Waals surface area contributed by atoms with Gasteiger partial charge in [-0.15, -0.1) is 0 Å². The van der Waals surface area contributed by atoms with Crippen molar-refractivity contribution in [3.63, 3.8) is 0 Å². The monoisotopic (exact) mass is 386 g/mol. The molecule has 1 rings (SSSR count). The first-order valence-electron chi connectivity index (χ1n) is 5.71. The number of nitrogens with zero attached hydrogens (tertiary/aromatic N) is 2. The van der Waals surface area contributed by atoms with Crippen LogP contribution in [0.3, 0.4) is 0 Å². The van der Waals surface area contributed by atoms with Gasteiger partial charge in [0.2, 0.25) is 0 Å². The van der Waals surface area contributed by atoms with E-state index in [0.29, 0.717) is 0 Å². The molecular formula is C14H12FIN2O2. The Balaban J connectivity index is 3.29. The van der Waals surface area contributed by atoms with Crippen LogP contribution in [0.5, 0.6) is 0 Å². The summed E-state index contributed by atoms with van der Waals surface area (Å²) in [6.45, 7) is 5.04. The molecule has 104 valence electrons.